The summed E-state index contributed by atoms with van der Waals surface area (Å²) in [7, 11) is 0. The normalized spacial score (nSPS) is 11.1. The van der Waals surface area contributed by atoms with Crippen molar-refractivity contribution < 1.29 is 18.0 Å². The van der Waals surface area contributed by atoms with Gasteiger partial charge in [0.1, 0.15) is 0 Å². The van der Waals surface area contributed by atoms with E-state index in [1.165, 1.54) is 18.2 Å². The number of carbonyl (C=O) groups is 1. The molecular formula is C18H16F3N5O. The Labute approximate surface area is 152 Å². The summed E-state index contributed by atoms with van der Waals surface area (Å²) in [6.07, 6.45) is -1.22. The van der Waals surface area contributed by atoms with Crippen LogP contribution in [0.2, 0.25) is 0 Å². The summed E-state index contributed by atoms with van der Waals surface area (Å²) in [5, 5.41) is 14.4. The summed E-state index contributed by atoms with van der Waals surface area (Å²) in [5.74, 6) is 0. The number of nitrogens with zero attached hydrogens (tertiary/aromatic N) is 1. The molecule has 0 fully saturated rings. The highest BCUT2D eigenvalue weighted by Crippen LogP contribution is 2.34. The number of rotatable bonds is 5. The fourth-order valence-electron chi connectivity index (χ4n) is 2.43. The molecular weight excluding hydrogens is 359 g/mol. The van der Waals surface area contributed by atoms with Crippen molar-refractivity contribution in [2.75, 3.05) is 16.0 Å². The molecule has 2 aromatic carbocycles. The molecule has 1 aromatic heterocycles. The molecule has 3 rings (SSSR count). The highest BCUT2D eigenvalue weighted by molar-refractivity contribution is 6.00. The van der Waals surface area contributed by atoms with Crippen molar-refractivity contribution in [3.63, 3.8) is 0 Å². The molecule has 0 unspecified atom stereocenters. The van der Waals surface area contributed by atoms with E-state index in [1.807, 2.05) is 6.07 Å². The molecule has 4 N–H and O–H groups in total. The Morgan fingerprint density at radius 3 is 2.59 bits per heavy atom. The quantitative estimate of drug-likeness (QED) is 0.522. The number of carbonyl (C=O) groups excluding carboxylic acids is 1. The predicted octanol–water partition coefficient (Wildman–Crippen LogP) is 4.68. The molecule has 0 saturated heterocycles. The van der Waals surface area contributed by atoms with Crippen LogP contribution in [0.4, 0.5) is 35.0 Å². The van der Waals surface area contributed by atoms with Crippen LogP contribution in [0.3, 0.4) is 0 Å². The van der Waals surface area contributed by atoms with Gasteiger partial charge in [0.25, 0.3) is 0 Å². The SMILES string of the molecule is O=C(Nc1cccc(CNc2cn[nH]c2)c1)Nc1ccccc1C(F)(F)F. The maximum atomic E-state index is 13.0. The highest BCUT2D eigenvalue weighted by Gasteiger charge is 2.33. The minimum absolute atomic E-state index is 0.305. The van der Waals surface area contributed by atoms with Crippen molar-refractivity contribution in [2.45, 2.75) is 12.7 Å². The molecule has 0 aliphatic heterocycles. The first-order chi connectivity index (χ1) is 12.9. The lowest BCUT2D eigenvalue weighted by molar-refractivity contribution is -0.136. The summed E-state index contributed by atoms with van der Waals surface area (Å²) >= 11 is 0. The number of urea groups is 1. The van der Waals surface area contributed by atoms with Crippen molar-refractivity contribution in [2.24, 2.45) is 0 Å². The zero-order chi connectivity index (χ0) is 19.3. The number of halogens is 3. The van der Waals surface area contributed by atoms with Gasteiger partial charge in [0, 0.05) is 18.4 Å². The van der Waals surface area contributed by atoms with Crippen LogP contribution in [-0.4, -0.2) is 16.2 Å². The first kappa shape index (κ1) is 18.3. The van der Waals surface area contributed by atoms with E-state index >= 15 is 0 Å². The first-order valence-corrected chi connectivity index (χ1v) is 7.97. The number of anilines is 3. The van der Waals surface area contributed by atoms with Gasteiger partial charge in [-0.25, -0.2) is 4.79 Å². The zero-order valence-electron chi connectivity index (χ0n) is 14.0. The summed E-state index contributed by atoms with van der Waals surface area (Å²) in [5.41, 5.74) is 0.946. The van der Waals surface area contributed by atoms with Crippen LogP contribution < -0.4 is 16.0 Å². The molecule has 9 heteroatoms. The van der Waals surface area contributed by atoms with E-state index in [0.29, 0.717) is 12.2 Å². The average molecular weight is 375 g/mol. The molecule has 0 spiro atoms. The van der Waals surface area contributed by atoms with Gasteiger partial charge >= 0.3 is 12.2 Å². The second kappa shape index (κ2) is 7.81. The third-order valence-corrected chi connectivity index (χ3v) is 3.66. The molecule has 0 aliphatic rings. The van der Waals surface area contributed by atoms with Crippen molar-refractivity contribution in [1.82, 2.24) is 10.2 Å². The Morgan fingerprint density at radius 2 is 1.85 bits per heavy atom. The minimum Gasteiger partial charge on any atom is -0.378 e. The van der Waals surface area contributed by atoms with E-state index in [0.717, 1.165) is 17.3 Å². The second-order valence-corrected chi connectivity index (χ2v) is 5.66. The maximum Gasteiger partial charge on any atom is 0.418 e. The van der Waals surface area contributed by atoms with Crippen molar-refractivity contribution in [3.05, 3.63) is 72.1 Å². The molecule has 1 heterocycles. The molecule has 6 nitrogen and oxygen atoms in total. The van der Waals surface area contributed by atoms with E-state index in [4.69, 9.17) is 0 Å². The molecule has 0 atom stereocenters. The van der Waals surface area contributed by atoms with E-state index in [2.05, 4.69) is 26.1 Å². The average Bonchev–Trinajstić information content (AvgIpc) is 3.13. The van der Waals surface area contributed by atoms with Gasteiger partial charge in [-0.15, -0.1) is 0 Å². The summed E-state index contributed by atoms with van der Waals surface area (Å²) in [6.45, 7) is 0.494. The lowest BCUT2D eigenvalue weighted by Gasteiger charge is -2.14. The number of nitrogens with one attached hydrogen (secondary N) is 4. The van der Waals surface area contributed by atoms with Gasteiger partial charge in [-0.05, 0) is 29.8 Å². The van der Waals surface area contributed by atoms with Gasteiger partial charge in [0.2, 0.25) is 0 Å². The zero-order valence-corrected chi connectivity index (χ0v) is 14.0. The summed E-state index contributed by atoms with van der Waals surface area (Å²) < 4.78 is 39.0. The number of aromatic amines is 1. The van der Waals surface area contributed by atoms with Gasteiger partial charge in [0.15, 0.2) is 0 Å². The molecule has 3 aromatic rings. The Hall–Kier alpha value is -3.49. The van der Waals surface area contributed by atoms with Crippen LogP contribution in [0.15, 0.2) is 60.9 Å². The summed E-state index contributed by atoms with van der Waals surface area (Å²) in [4.78, 5) is 12.1. The van der Waals surface area contributed by atoms with Crippen molar-refractivity contribution in [3.8, 4) is 0 Å². The van der Waals surface area contributed by atoms with E-state index in [-0.39, 0.29) is 5.69 Å². The van der Waals surface area contributed by atoms with Gasteiger partial charge in [-0.2, -0.15) is 18.3 Å². The van der Waals surface area contributed by atoms with Crippen LogP contribution >= 0.6 is 0 Å². The number of para-hydroxylation sites is 1. The number of H-pyrrole nitrogens is 1. The molecule has 0 bridgehead atoms. The Bertz CT molecular complexity index is 909. The van der Waals surface area contributed by atoms with E-state index in [9.17, 15) is 18.0 Å². The third-order valence-electron chi connectivity index (χ3n) is 3.66. The number of alkyl halides is 3. The summed E-state index contributed by atoms with van der Waals surface area (Å²) in [6, 6.07) is 11.0. The van der Waals surface area contributed by atoms with Gasteiger partial charge in [-0.3, -0.25) is 5.10 Å². The van der Waals surface area contributed by atoms with Gasteiger partial charge in [0.05, 0.1) is 23.1 Å². The van der Waals surface area contributed by atoms with E-state index < -0.39 is 17.8 Å². The van der Waals surface area contributed by atoms with Crippen LogP contribution in [0.5, 0.6) is 0 Å². The van der Waals surface area contributed by atoms with Crippen molar-refractivity contribution in [1.29, 1.82) is 0 Å². The Morgan fingerprint density at radius 1 is 1.04 bits per heavy atom. The lowest BCUT2D eigenvalue weighted by atomic mass is 10.1. The number of benzene rings is 2. The maximum absolute atomic E-state index is 13.0. The highest BCUT2D eigenvalue weighted by atomic mass is 19.4. The smallest absolute Gasteiger partial charge is 0.378 e. The van der Waals surface area contributed by atoms with Crippen LogP contribution in [0, 0.1) is 0 Å². The molecule has 0 saturated carbocycles. The Kier molecular flexibility index (Phi) is 5.30. The fourth-order valence-corrected chi connectivity index (χ4v) is 2.43. The lowest BCUT2D eigenvalue weighted by Crippen LogP contribution is -2.21. The fraction of sp³-hybridized carbons (Fsp3) is 0.111. The number of hydrogen-bond donors (Lipinski definition) is 4. The topological polar surface area (TPSA) is 81.8 Å². The van der Waals surface area contributed by atoms with Gasteiger partial charge in [-0.1, -0.05) is 24.3 Å². The second-order valence-electron chi connectivity index (χ2n) is 5.66. The van der Waals surface area contributed by atoms with Crippen LogP contribution in [0.25, 0.3) is 0 Å². The standard InChI is InChI=1S/C18H16F3N5O/c19-18(20,21)15-6-1-2-7-16(15)26-17(27)25-13-5-3-4-12(8-13)9-22-14-10-23-24-11-14/h1-8,10-11,22H,9H2,(H,23,24)(H2,25,26,27). The molecule has 27 heavy (non-hydrogen) atoms. The van der Waals surface area contributed by atoms with Crippen LogP contribution in [-0.2, 0) is 12.7 Å². The minimum atomic E-state index is -4.55. The molecule has 140 valence electrons. The Balaban J connectivity index is 1.64. The first-order valence-electron chi connectivity index (χ1n) is 7.97. The molecule has 0 radical (unpaired) electrons. The number of aromatic nitrogens is 2. The van der Waals surface area contributed by atoms with Gasteiger partial charge < -0.3 is 16.0 Å². The largest absolute Gasteiger partial charge is 0.418 e. The number of amides is 2. The predicted molar refractivity (Wildman–Crippen MR) is 96.4 cm³/mol. The monoisotopic (exact) mass is 375 g/mol. The molecule has 2 amide bonds. The number of hydrogen-bond acceptors (Lipinski definition) is 3. The van der Waals surface area contributed by atoms with Crippen molar-refractivity contribution >= 4 is 23.1 Å². The van der Waals surface area contributed by atoms with E-state index in [1.54, 1.807) is 30.6 Å². The van der Waals surface area contributed by atoms with Crippen LogP contribution in [0.1, 0.15) is 11.1 Å². The molecule has 0 aliphatic carbocycles. The third kappa shape index (κ3) is 5.00.